The Morgan fingerprint density at radius 1 is 0.778 bits per heavy atom. The van der Waals surface area contributed by atoms with Crippen LogP contribution >= 0.6 is 15.9 Å². The molecule has 86 valence electrons. The summed E-state index contributed by atoms with van der Waals surface area (Å²) in [6.07, 6.45) is 1.74. The number of halogens is 1. The Morgan fingerprint density at radius 2 is 1.72 bits per heavy atom. The van der Waals surface area contributed by atoms with E-state index in [-0.39, 0.29) is 0 Å². The fourth-order valence-corrected chi connectivity index (χ4v) is 3.01. The quantitative estimate of drug-likeness (QED) is 0.390. The van der Waals surface area contributed by atoms with Crippen molar-refractivity contribution in [2.75, 3.05) is 0 Å². The summed E-state index contributed by atoms with van der Waals surface area (Å²) < 4.78 is 6.59. The number of hydrogen-bond acceptors (Lipinski definition) is 1. The maximum atomic E-state index is 5.45. The van der Waals surface area contributed by atoms with Gasteiger partial charge in [-0.05, 0) is 45.8 Å². The zero-order valence-corrected chi connectivity index (χ0v) is 11.1. The Morgan fingerprint density at radius 3 is 2.67 bits per heavy atom. The van der Waals surface area contributed by atoms with Crippen LogP contribution in [0.5, 0.6) is 0 Å². The lowest BCUT2D eigenvalue weighted by molar-refractivity contribution is 0.616. The summed E-state index contributed by atoms with van der Waals surface area (Å²) in [5.41, 5.74) is 0.942. The van der Waals surface area contributed by atoms with Gasteiger partial charge in [0.15, 0.2) is 0 Å². The van der Waals surface area contributed by atoms with Gasteiger partial charge in [0.2, 0.25) is 0 Å². The number of rotatable bonds is 0. The summed E-state index contributed by atoms with van der Waals surface area (Å²) in [7, 11) is 0. The Bertz CT molecular complexity index is 889. The number of furan rings is 1. The fourth-order valence-electron chi connectivity index (χ4n) is 2.51. The number of fused-ring (bicyclic) bond motifs is 4. The van der Waals surface area contributed by atoms with Gasteiger partial charge in [-0.25, -0.2) is 0 Å². The minimum absolute atomic E-state index is 0.942. The van der Waals surface area contributed by atoms with Crippen molar-refractivity contribution in [3.05, 3.63) is 59.3 Å². The van der Waals surface area contributed by atoms with E-state index in [4.69, 9.17) is 4.42 Å². The molecule has 1 heterocycles. The molecule has 0 atom stereocenters. The normalized spacial score (nSPS) is 11.6. The van der Waals surface area contributed by atoms with Crippen molar-refractivity contribution < 1.29 is 4.42 Å². The second-order valence-electron chi connectivity index (χ2n) is 4.43. The third-order valence-corrected chi connectivity index (χ3v) is 4.09. The van der Waals surface area contributed by atoms with Crippen LogP contribution in [0.1, 0.15) is 0 Å². The van der Waals surface area contributed by atoms with E-state index in [0.717, 1.165) is 15.4 Å². The molecule has 1 nitrogen and oxygen atoms in total. The Hall–Kier alpha value is -1.80. The molecule has 0 radical (unpaired) electrons. The molecule has 4 rings (SSSR count). The Balaban J connectivity index is 2.29. The van der Waals surface area contributed by atoms with Gasteiger partial charge in [-0.1, -0.05) is 40.2 Å². The third-order valence-electron chi connectivity index (χ3n) is 3.40. The minimum Gasteiger partial charge on any atom is -0.464 e. The van der Waals surface area contributed by atoms with Crippen molar-refractivity contribution in [1.29, 1.82) is 0 Å². The molecule has 1 aromatic heterocycles. The van der Waals surface area contributed by atoms with Crippen LogP contribution in [0.3, 0.4) is 0 Å². The van der Waals surface area contributed by atoms with Crippen LogP contribution in [0.25, 0.3) is 32.5 Å². The molecule has 0 saturated carbocycles. The average Bonchev–Trinajstić information content (AvgIpc) is 2.83. The largest absolute Gasteiger partial charge is 0.464 e. The van der Waals surface area contributed by atoms with E-state index in [1.165, 1.54) is 21.5 Å². The third kappa shape index (κ3) is 1.33. The smallest absolute Gasteiger partial charge is 0.134 e. The first-order chi connectivity index (χ1) is 8.83. The monoisotopic (exact) mass is 296 g/mol. The first-order valence-corrected chi connectivity index (χ1v) is 6.60. The molecule has 0 spiro atoms. The lowest BCUT2D eigenvalue weighted by Gasteiger charge is -2.05. The summed E-state index contributed by atoms with van der Waals surface area (Å²) in [6, 6.07) is 16.9. The van der Waals surface area contributed by atoms with Crippen LogP contribution in [0, 0.1) is 0 Å². The summed E-state index contributed by atoms with van der Waals surface area (Å²) in [5, 5.41) is 6.14. The molecule has 0 aliphatic heterocycles. The van der Waals surface area contributed by atoms with Gasteiger partial charge in [0.05, 0.1) is 6.26 Å². The highest BCUT2D eigenvalue weighted by atomic mass is 79.9. The van der Waals surface area contributed by atoms with E-state index in [1.54, 1.807) is 6.26 Å². The lowest BCUT2D eigenvalue weighted by atomic mass is 10.0. The standard InChI is InChI=1S/C16H9BrO/c17-15-3-1-2-12-13(15)5-4-10-9-16-11(6-7-18-16)8-14(10)12/h1-9H. The van der Waals surface area contributed by atoms with E-state index in [2.05, 4.69) is 58.4 Å². The van der Waals surface area contributed by atoms with Crippen LogP contribution in [-0.2, 0) is 0 Å². The Kier molecular flexibility index (Phi) is 2.03. The summed E-state index contributed by atoms with van der Waals surface area (Å²) in [4.78, 5) is 0. The van der Waals surface area contributed by atoms with Gasteiger partial charge in [-0.2, -0.15) is 0 Å². The molecule has 0 N–H and O–H groups in total. The predicted molar refractivity (Wildman–Crippen MR) is 78.9 cm³/mol. The molecule has 18 heavy (non-hydrogen) atoms. The highest BCUT2D eigenvalue weighted by Gasteiger charge is 2.05. The topological polar surface area (TPSA) is 13.1 Å². The Labute approximate surface area is 112 Å². The first kappa shape index (κ1) is 10.2. The van der Waals surface area contributed by atoms with E-state index in [9.17, 15) is 0 Å². The van der Waals surface area contributed by atoms with E-state index >= 15 is 0 Å². The first-order valence-electron chi connectivity index (χ1n) is 5.81. The minimum atomic E-state index is 0.942. The van der Waals surface area contributed by atoms with Crippen LogP contribution in [0.2, 0.25) is 0 Å². The fraction of sp³-hybridized carbons (Fsp3) is 0. The van der Waals surface area contributed by atoms with E-state index < -0.39 is 0 Å². The molecule has 0 aliphatic carbocycles. The van der Waals surface area contributed by atoms with Crippen molar-refractivity contribution in [1.82, 2.24) is 0 Å². The van der Waals surface area contributed by atoms with Crippen LogP contribution in [-0.4, -0.2) is 0 Å². The molecule has 0 amide bonds. The summed E-state index contributed by atoms with van der Waals surface area (Å²) in [5.74, 6) is 0. The van der Waals surface area contributed by atoms with Gasteiger partial charge in [0.1, 0.15) is 5.58 Å². The molecule has 2 heteroatoms. The zero-order valence-electron chi connectivity index (χ0n) is 9.48. The SMILES string of the molecule is Brc1cccc2c1ccc1cc3occc3cc12. The van der Waals surface area contributed by atoms with Gasteiger partial charge in [-0.3, -0.25) is 0 Å². The molecular weight excluding hydrogens is 288 g/mol. The maximum absolute atomic E-state index is 5.45. The van der Waals surface area contributed by atoms with Crippen molar-refractivity contribution in [3.63, 3.8) is 0 Å². The molecule has 0 aliphatic rings. The molecule has 0 saturated heterocycles. The average molecular weight is 297 g/mol. The molecule has 3 aromatic carbocycles. The van der Waals surface area contributed by atoms with Crippen LogP contribution in [0.15, 0.2) is 63.7 Å². The van der Waals surface area contributed by atoms with Crippen LogP contribution < -0.4 is 0 Å². The second-order valence-corrected chi connectivity index (χ2v) is 5.29. The highest BCUT2D eigenvalue weighted by Crippen LogP contribution is 2.32. The molecule has 0 bridgehead atoms. The number of benzene rings is 3. The number of hydrogen-bond donors (Lipinski definition) is 0. The molecule has 0 unspecified atom stereocenters. The van der Waals surface area contributed by atoms with Crippen molar-refractivity contribution in [2.24, 2.45) is 0 Å². The van der Waals surface area contributed by atoms with Gasteiger partial charge < -0.3 is 4.42 Å². The van der Waals surface area contributed by atoms with Crippen molar-refractivity contribution in [3.8, 4) is 0 Å². The van der Waals surface area contributed by atoms with Crippen molar-refractivity contribution >= 4 is 48.4 Å². The second kappa shape index (κ2) is 3.59. The molecule has 0 fully saturated rings. The predicted octanol–water partition coefficient (Wildman–Crippen LogP) is 5.50. The van der Waals surface area contributed by atoms with E-state index in [1.807, 2.05) is 6.07 Å². The van der Waals surface area contributed by atoms with Gasteiger partial charge in [0.25, 0.3) is 0 Å². The molecule has 4 aromatic rings. The van der Waals surface area contributed by atoms with Gasteiger partial charge in [-0.15, -0.1) is 0 Å². The van der Waals surface area contributed by atoms with Gasteiger partial charge in [0, 0.05) is 9.86 Å². The highest BCUT2D eigenvalue weighted by molar-refractivity contribution is 9.10. The zero-order chi connectivity index (χ0) is 12.1. The summed E-state index contributed by atoms with van der Waals surface area (Å²) >= 11 is 3.61. The maximum Gasteiger partial charge on any atom is 0.134 e. The lowest BCUT2D eigenvalue weighted by Crippen LogP contribution is -1.79. The van der Waals surface area contributed by atoms with E-state index in [0.29, 0.717) is 0 Å². The molecular formula is C16H9BrO. The van der Waals surface area contributed by atoms with Crippen LogP contribution in [0.4, 0.5) is 0 Å². The summed E-state index contributed by atoms with van der Waals surface area (Å²) in [6.45, 7) is 0. The van der Waals surface area contributed by atoms with Crippen molar-refractivity contribution in [2.45, 2.75) is 0 Å². The van der Waals surface area contributed by atoms with Gasteiger partial charge >= 0.3 is 0 Å².